The number of carbonyl (C=O) groups is 1. The Morgan fingerprint density at radius 2 is 2.04 bits per heavy atom. The average Bonchev–Trinajstić information content (AvgIpc) is 3.13. The second kappa shape index (κ2) is 7.00. The number of aromatic nitrogens is 3. The molecule has 0 bridgehead atoms. The van der Waals surface area contributed by atoms with E-state index in [-0.39, 0.29) is 11.4 Å². The lowest BCUT2D eigenvalue weighted by molar-refractivity contribution is 0.102. The van der Waals surface area contributed by atoms with Gasteiger partial charge in [0, 0.05) is 11.8 Å². The van der Waals surface area contributed by atoms with Crippen LogP contribution in [0.25, 0.3) is 11.3 Å². The van der Waals surface area contributed by atoms with Crippen molar-refractivity contribution < 1.29 is 18.7 Å². The molecule has 128 valence electrons. The fourth-order valence-corrected chi connectivity index (χ4v) is 2.26. The van der Waals surface area contributed by atoms with Gasteiger partial charge in [0.15, 0.2) is 5.82 Å². The topological polar surface area (TPSA) is 89.1 Å². The molecule has 0 radical (unpaired) electrons. The molecule has 0 saturated carbocycles. The highest BCUT2D eigenvalue weighted by Crippen LogP contribution is 2.32. The number of carbonyl (C=O) groups excluding carboxylic acids is 1. The van der Waals surface area contributed by atoms with Crippen LogP contribution in [0.2, 0.25) is 0 Å². The number of H-pyrrole nitrogens is 1. The van der Waals surface area contributed by atoms with Gasteiger partial charge < -0.3 is 14.8 Å². The molecule has 0 aliphatic carbocycles. The summed E-state index contributed by atoms with van der Waals surface area (Å²) in [4.78, 5) is 15.9. The molecule has 1 amide bonds. The molecule has 0 unspecified atom stereocenters. The van der Waals surface area contributed by atoms with E-state index in [4.69, 9.17) is 9.47 Å². The number of aromatic amines is 1. The minimum Gasteiger partial charge on any atom is -0.497 e. The molecule has 3 rings (SSSR count). The van der Waals surface area contributed by atoms with Crippen LogP contribution in [0.3, 0.4) is 0 Å². The van der Waals surface area contributed by atoms with E-state index >= 15 is 0 Å². The summed E-state index contributed by atoms with van der Waals surface area (Å²) >= 11 is 0. The number of nitrogens with zero attached hydrogens (tertiary/aromatic N) is 2. The lowest BCUT2D eigenvalue weighted by Crippen LogP contribution is -2.13. The lowest BCUT2D eigenvalue weighted by Gasteiger charge is -2.08. The summed E-state index contributed by atoms with van der Waals surface area (Å²) in [5, 5.41) is 9.23. The first kappa shape index (κ1) is 16.4. The first-order valence-electron chi connectivity index (χ1n) is 7.31. The van der Waals surface area contributed by atoms with Gasteiger partial charge in [-0.2, -0.15) is 5.10 Å². The number of benzene rings is 1. The summed E-state index contributed by atoms with van der Waals surface area (Å²) in [5.74, 6) is 0.0684. The fourth-order valence-electron chi connectivity index (χ4n) is 2.26. The van der Waals surface area contributed by atoms with Gasteiger partial charge in [0.05, 0.1) is 31.8 Å². The van der Waals surface area contributed by atoms with Gasteiger partial charge in [0.25, 0.3) is 5.91 Å². The van der Waals surface area contributed by atoms with Gasteiger partial charge in [0.1, 0.15) is 17.2 Å². The van der Waals surface area contributed by atoms with Crippen LogP contribution >= 0.6 is 0 Å². The molecule has 0 aliphatic rings. The Morgan fingerprint density at radius 1 is 1.20 bits per heavy atom. The van der Waals surface area contributed by atoms with E-state index < -0.39 is 11.7 Å². The zero-order valence-electron chi connectivity index (χ0n) is 13.5. The molecule has 8 heteroatoms. The largest absolute Gasteiger partial charge is 0.497 e. The van der Waals surface area contributed by atoms with Crippen LogP contribution in [0.5, 0.6) is 11.5 Å². The van der Waals surface area contributed by atoms with E-state index in [9.17, 15) is 9.18 Å². The minimum absolute atomic E-state index is 0.0371. The van der Waals surface area contributed by atoms with Crippen molar-refractivity contribution in [3.8, 4) is 22.8 Å². The van der Waals surface area contributed by atoms with Crippen molar-refractivity contribution in [2.45, 2.75) is 0 Å². The number of hydrogen-bond acceptors (Lipinski definition) is 5. The zero-order chi connectivity index (χ0) is 17.8. The highest BCUT2D eigenvalue weighted by atomic mass is 19.1. The second-order valence-corrected chi connectivity index (χ2v) is 5.04. The molecule has 2 heterocycles. The van der Waals surface area contributed by atoms with E-state index in [1.54, 1.807) is 31.4 Å². The third-order valence-corrected chi connectivity index (χ3v) is 3.53. The molecule has 0 spiro atoms. The standard InChI is InChI=1S/C17H15FN4O3/c1-24-10-3-4-16(25-2)11(7-10)14-8-15(22-21-14)17(23)20-13-5-6-19-9-12(13)18/h3-9H,1-2H3,(H,21,22)(H,19,20,23). The van der Waals surface area contributed by atoms with E-state index in [0.717, 1.165) is 6.20 Å². The van der Waals surface area contributed by atoms with Gasteiger partial charge in [0.2, 0.25) is 0 Å². The van der Waals surface area contributed by atoms with Crippen molar-refractivity contribution in [2.24, 2.45) is 0 Å². The Hall–Kier alpha value is -3.42. The number of hydrogen-bond donors (Lipinski definition) is 2. The van der Waals surface area contributed by atoms with Gasteiger partial charge in [-0.25, -0.2) is 4.39 Å². The number of rotatable bonds is 5. The molecule has 2 N–H and O–H groups in total. The van der Waals surface area contributed by atoms with Crippen molar-refractivity contribution in [1.82, 2.24) is 15.2 Å². The first-order chi connectivity index (χ1) is 12.1. The Morgan fingerprint density at radius 3 is 2.76 bits per heavy atom. The number of ether oxygens (including phenoxy) is 2. The summed E-state index contributed by atoms with van der Waals surface area (Å²) < 4.78 is 24.1. The molecule has 0 saturated heterocycles. The molecule has 0 fully saturated rings. The quantitative estimate of drug-likeness (QED) is 0.744. The smallest absolute Gasteiger partial charge is 0.273 e. The number of nitrogens with one attached hydrogen (secondary N) is 2. The normalized spacial score (nSPS) is 10.4. The predicted octanol–water partition coefficient (Wildman–Crippen LogP) is 2.88. The molecule has 0 aliphatic heterocycles. The van der Waals surface area contributed by atoms with E-state index in [2.05, 4.69) is 20.5 Å². The van der Waals surface area contributed by atoms with Gasteiger partial charge in [-0.3, -0.25) is 14.9 Å². The Balaban J connectivity index is 1.88. The number of halogens is 1. The van der Waals surface area contributed by atoms with Crippen LogP contribution in [0.15, 0.2) is 42.7 Å². The molecular weight excluding hydrogens is 327 g/mol. The maximum atomic E-state index is 13.6. The Labute approximate surface area is 142 Å². The van der Waals surface area contributed by atoms with E-state index in [1.807, 2.05) is 0 Å². The van der Waals surface area contributed by atoms with Crippen LogP contribution in [0.4, 0.5) is 10.1 Å². The molecule has 25 heavy (non-hydrogen) atoms. The zero-order valence-corrected chi connectivity index (χ0v) is 13.5. The highest BCUT2D eigenvalue weighted by Gasteiger charge is 2.16. The summed E-state index contributed by atoms with van der Waals surface area (Å²) in [6, 6.07) is 8.17. The minimum atomic E-state index is -0.620. The molecule has 0 atom stereocenters. The number of methoxy groups -OCH3 is 2. The van der Waals surface area contributed by atoms with Crippen molar-refractivity contribution in [3.05, 3.63) is 54.2 Å². The van der Waals surface area contributed by atoms with Gasteiger partial charge >= 0.3 is 0 Å². The molecule has 7 nitrogen and oxygen atoms in total. The fraction of sp³-hybridized carbons (Fsp3) is 0.118. The van der Waals surface area contributed by atoms with Crippen LogP contribution in [0, 0.1) is 5.82 Å². The number of pyridine rings is 1. The van der Waals surface area contributed by atoms with Gasteiger partial charge in [-0.1, -0.05) is 0 Å². The van der Waals surface area contributed by atoms with Crippen LogP contribution in [-0.4, -0.2) is 35.3 Å². The molecule has 1 aromatic carbocycles. The average molecular weight is 342 g/mol. The summed E-state index contributed by atoms with van der Waals surface area (Å²) in [6.07, 6.45) is 2.41. The molecule has 2 aromatic heterocycles. The van der Waals surface area contributed by atoms with Gasteiger partial charge in [-0.15, -0.1) is 0 Å². The molecular formula is C17H15FN4O3. The second-order valence-electron chi connectivity index (χ2n) is 5.04. The summed E-state index contributed by atoms with van der Waals surface area (Å²) in [6.45, 7) is 0. The van der Waals surface area contributed by atoms with Crippen molar-refractivity contribution in [1.29, 1.82) is 0 Å². The maximum Gasteiger partial charge on any atom is 0.273 e. The van der Waals surface area contributed by atoms with Gasteiger partial charge in [-0.05, 0) is 30.3 Å². The predicted molar refractivity (Wildman–Crippen MR) is 89.3 cm³/mol. The summed E-state index contributed by atoms with van der Waals surface area (Å²) in [5.41, 5.74) is 1.37. The third kappa shape index (κ3) is 3.42. The van der Waals surface area contributed by atoms with E-state index in [1.165, 1.54) is 19.4 Å². The van der Waals surface area contributed by atoms with Crippen molar-refractivity contribution >= 4 is 11.6 Å². The Bertz CT molecular complexity index is 910. The van der Waals surface area contributed by atoms with Crippen LogP contribution in [0.1, 0.15) is 10.5 Å². The highest BCUT2D eigenvalue weighted by molar-refractivity contribution is 6.03. The first-order valence-corrected chi connectivity index (χ1v) is 7.31. The van der Waals surface area contributed by atoms with Crippen LogP contribution < -0.4 is 14.8 Å². The Kier molecular flexibility index (Phi) is 4.60. The maximum absolute atomic E-state index is 13.6. The third-order valence-electron chi connectivity index (χ3n) is 3.53. The SMILES string of the molecule is COc1ccc(OC)c(-c2cc(C(=O)Nc3ccncc3F)[nH]n2)c1. The summed E-state index contributed by atoms with van der Waals surface area (Å²) in [7, 11) is 3.09. The lowest BCUT2D eigenvalue weighted by atomic mass is 10.1. The van der Waals surface area contributed by atoms with Crippen molar-refractivity contribution in [2.75, 3.05) is 19.5 Å². The van der Waals surface area contributed by atoms with Crippen LogP contribution in [-0.2, 0) is 0 Å². The molecule has 3 aromatic rings. The van der Waals surface area contributed by atoms with E-state index in [0.29, 0.717) is 22.8 Å². The monoisotopic (exact) mass is 342 g/mol. The number of anilines is 1. The number of amides is 1. The van der Waals surface area contributed by atoms with Crippen molar-refractivity contribution in [3.63, 3.8) is 0 Å².